The van der Waals surface area contributed by atoms with Crippen molar-refractivity contribution >= 4 is 11.6 Å². The number of carbonyl (C=O) groups is 1. The van der Waals surface area contributed by atoms with Crippen LogP contribution in [0.1, 0.15) is 47.4 Å². The third kappa shape index (κ3) is 2.11. The van der Waals surface area contributed by atoms with E-state index in [1.807, 2.05) is 35.2 Å². The van der Waals surface area contributed by atoms with Crippen molar-refractivity contribution in [2.24, 2.45) is 0 Å². The van der Waals surface area contributed by atoms with Gasteiger partial charge in [-0.05, 0) is 49.9 Å². The molecule has 4 rings (SSSR count). The van der Waals surface area contributed by atoms with Gasteiger partial charge in [0.1, 0.15) is 0 Å². The lowest BCUT2D eigenvalue weighted by Crippen LogP contribution is -2.36. The molecule has 1 aromatic heterocycles. The molecule has 1 unspecified atom stereocenters. The van der Waals surface area contributed by atoms with Gasteiger partial charge in [-0.3, -0.25) is 4.79 Å². The summed E-state index contributed by atoms with van der Waals surface area (Å²) < 4.78 is 0. The Balaban J connectivity index is 1.64. The minimum atomic E-state index is -0.0534. The third-order valence-electron chi connectivity index (χ3n) is 4.33. The molecule has 1 saturated carbocycles. The molecule has 4 heteroatoms. The molecule has 1 amide bonds. The second-order valence-corrected chi connectivity index (χ2v) is 5.97. The molecule has 2 aromatic rings. The van der Waals surface area contributed by atoms with Gasteiger partial charge in [-0.25, -0.2) is 0 Å². The number of anilines is 1. The predicted molar refractivity (Wildman–Crippen MR) is 80.4 cm³/mol. The fraction of sp³-hybridized carbons (Fsp3) is 0.353. The number of para-hydroxylation sites is 1. The standard InChI is InChI=1S/C17H17N3O/c1-11-10-13-4-2-3-5-16(13)20(11)17(21)15-9-8-14(18-19-15)12-6-7-12/h2-5,8-9,11-12H,6-7,10H2,1H3. The maximum Gasteiger partial charge on any atom is 0.279 e. The van der Waals surface area contributed by atoms with E-state index in [0.717, 1.165) is 17.8 Å². The summed E-state index contributed by atoms with van der Waals surface area (Å²) in [6.07, 6.45) is 3.28. The van der Waals surface area contributed by atoms with Crippen LogP contribution < -0.4 is 4.90 Å². The number of amides is 1. The third-order valence-corrected chi connectivity index (χ3v) is 4.33. The maximum atomic E-state index is 12.7. The van der Waals surface area contributed by atoms with Gasteiger partial charge in [0.15, 0.2) is 5.69 Å². The molecule has 0 bridgehead atoms. The van der Waals surface area contributed by atoms with Crippen LogP contribution >= 0.6 is 0 Å². The number of carbonyl (C=O) groups excluding carboxylic acids is 1. The van der Waals surface area contributed by atoms with E-state index >= 15 is 0 Å². The monoisotopic (exact) mass is 279 g/mol. The lowest BCUT2D eigenvalue weighted by molar-refractivity contribution is 0.0975. The highest BCUT2D eigenvalue weighted by Crippen LogP contribution is 2.38. The first kappa shape index (κ1) is 12.5. The Bertz CT molecular complexity index is 691. The number of aromatic nitrogens is 2. The fourth-order valence-electron chi connectivity index (χ4n) is 3.05. The molecule has 2 aliphatic rings. The fourth-order valence-corrected chi connectivity index (χ4v) is 3.05. The van der Waals surface area contributed by atoms with E-state index in [-0.39, 0.29) is 11.9 Å². The molecule has 1 fully saturated rings. The largest absolute Gasteiger partial charge is 0.304 e. The molecule has 0 spiro atoms. The summed E-state index contributed by atoms with van der Waals surface area (Å²) in [7, 11) is 0. The highest BCUT2D eigenvalue weighted by Gasteiger charge is 2.32. The van der Waals surface area contributed by atoms with E-state index in [2.05, 4.69) is 23.2 Å². The van der Waals surface area contributed by atoms with Crippen LogP contribution in [0.25, 0.3) is 0 Å². The van der Waals surface area contributed by atoms with Crippen LogP contribution in [-0.4, -0.2) is 22.1 Å². The Kier molecular flexibility index (Phi) is 2.77. The van der Waals surface area contributed by atoms with Gasteiger partial charge < -0.3 is 4.90 Å². The van der Waals surface area contributed by atoms with Crippen LogP contribution in [0.4, 0.5) is 5.69 Å². The SMILES string of the molecule is CC1Cc2ccccc2N1C(=O)c1ccc(C2CC2)nn1. The Morgan fingerprint density at radius 3 is 2.67 bits per heavy atom. The molecule has 1 aliphatic carbocycles. The zero-order valence-electron chi connectivity index (χ0n) is 12.0. The molecule has 106 valence electrons. The molecule has 2 heterocycles. The highest BCUT2D eigenvalue weighted by atomic mass is 16.2. The summed E-state index contributed by atoms with van der Waals surface area (Å²) in [5.41, 5.74) is 3.67. The van der Waals surface area contributed by atoms with Crippen LogP contribution in [0.2, 0.25) is 0 Å². The lowest BCUT2D eigenvalue weighted by atomic mass is 10.1. The average Bonchev–Trinajstić information content (AvgIpc) is 3.29. The van der Waals surface area contributed by atoms with Crippen LogP contribution in [0.3, 0.4) is 0 Å². The van der Waals surface area contributed by atoms with Gasteiger partial charge in [0.2, 0.25) is 0 Å². The van der Waals surface area contributed by atoms with Gasteiger partial charge >= 0.3 is 0 Å². The second kappa shape index (κ2) is 4.65. The van der Waals surface area contributed by atoms with Gasteiger partial charge in [0.25, 0.3) is 5.91 Å². The molecule has 0 radical (unpaired) electrons. The molecule has 1 aromatic carbocycles. The molecular weight excluding hydrogens is 262 g/mol. The number of nitrogens with zero attached hydrogens (tertiary/aromatic N) is 3. The summed E-state index contributed by atoms with van der Waals surface area (Å²) in [5, 5.41) is 8.37. The van der Waals surface area contributed by atoms with Gasteiger partial charge in [0, 0.05) is 17.6 Å². The lowest BCUT2D eigenvalue weighted by Gasteiger charge is -2.22. The van der Waals surface area contributed by atoms with Crippen molar-refractivity contribution in [1.82, 2.24) is 10.2 Å². The first-order valence-corrected chi connectivity index (χ1v) is 7.49. The number of hydrogen-bond acceptors (Lipinski definition) is 3. The molecule has 0 saturated heterocycles. The summed E-state index contributed by atoms with van der Waals surface area (Å²) >= 11 is 0. The molecule has 1 aliphatic heterocycles. The normalized spacial score (nSPS) is 20.4. The Hall–Kier alpha value is -2.23. The summed E-state index contributed by atoms with van der Waals surface area (Å²) in [5.74, 6) is 0.510. The highest BCUT2D eigenvalue weighted by molar-refractivity contribution is 6.06. The van der Waals surface area contributed by atoms with Gasteiger partial charge in [-0.1, -0.05) is 18.2 Å². The number of fused-ring (bicyclic) bond motifs is 1. The minimum Gasteiger partial charge on any atom is -0.304 e. The van der Waals surface area contributed by atoms with Crippen molar-refractivity contribution in [1.29, 1.82) is 0 Å². The van der Waals surface area contributed by atoms with Crippen molar-refractivity contribution in [2.75, 3.05) is 4.90 Å². The first-order chi connectivity index (χ1) is 10.2. The molecule has 0 N–H and O–H groups in total. The number of hydrogen-bond donors (Lipinski definition) is 0. The van der Waals surface area contributed by atoms with Crippen molar-refractivity contribution in [3.8, 4) is 0 Å². The Morgan fingerprint density at radius 2 is 1.95 bits per heavy atom. The first-order valence-electron chi connectivity index (χ1n) is 7.49. The minimum absolute atomic E-state index is 0.0534. The average molecular weight is 279 g/mol. The van der Waals surface area contributed by atoms with E-state index in [0.29, 0.717) is 11.6 Å². The topological polar surface area (TPSA) is 46.1 Å². The molecule has 4 nitrogen and oxygen atoms in total. The summed E-state index contributed by atoms with van der Waals surface area (Å²) in [4.78, 5) is 14.6. The van der Waals surface area contributed by atoms with Crippen LogP contribution in [0.15, 0.2) is 36.4 Å². The molecule has 21 heavy (non-hydrogen) atoms. The molecular formula is C17H17N3O. The smallest absolute Gasteiger partial charge is 0.279 e. The van der Waals surface area contributed by atoms with E-state index in [9.17, 15) is 4.79 Å². The quantitative estimate of drug-likeness (QED) is 0.849. The van der Waals surface area contributed by atoms with E-state index in [4.69, 9.17) is 0 Å². The van der Waals surface area contributed by atoms with E-state index < -0.39 is 0 Å². The molecule has 1 atom stereocenters. The summed E-state index contributed by atoms with van der Waals surface area (Å²) in [6, 6.07) is 12.0. The van der Waals surface area contributed by atoms with Gasteiger partial charge in [-0.2, -0.15) is 5.10 Å². The van der Waals surface area contributed by atoms with Crippen LogP contribution in [0.5, 0.6) is 0 Å². The van der Waals surface area contributed by atoms with Crippen molar-refractivity contribution in [3.05, 3.63) is 53.3 Å². The van der Waals surface area contributed by atoms with Crippen molar-refractivity contribution in [3.63, 3.8) is 0 Å². The zero-order chi connectivity index (χ0) is 14.4. The van der Waals surface area contributed by atoms with Crippen molar-refractivity contribution < 1.29 is 4.79 Å². The summed E-state index contributed by atoms with van der Waals surface area (Å²) in [6.45, 7) is 2.07. The van der Waals surface area contributed by atoms with Gasteiger partial charge in [-0.15, -0.1) is 5.10 Å². The van der Waals surface area contributed by atoms with Crippen LogP contribution in [0, 0.1) is 0 Å². The maximum absolute atomic E-state index is 12.7. The predicted octanol–water partition coefficient (Wildman–Crippen LogP) is 2.95. The Labute approximate surface area is 123 Å². The number of benzene rings is 1. The number of rotatable bonds is 2. The van der Waals surface area contributed by atoms with Gasteiger partial charge in [0.05, 0.1) is 5.69 Å². The van der Waals surface area contributed by atoms with Crippen LogP contribution in [-0.2, 0) is 6.42 Å². The zero-order valence-corrected chi connectivity index (χ0v) is 12.0. The second-order valence-electron chi connectivity index (χ2n) is 5.97. The van der Waals surface area contributed by atoms with E-state index in [1.54, 1.807) is 0 Å². The Morgan fingerprint density at radius 1 is 1.14 bits per heavy atom. The van der Waals surface area contributed by atoms with E-state index in [1.165, 1.54) is 18.4 Å². The van der Waals surface area contributed by atoms with Crippen molar-refractivity contribution in [2.45, 2.75) is 38.1 Å².